The number of hydrogen-bond donors (Lipinski definition) is 3. The van der Waals surface area contributed by atoms with Crippen molar-refractivity contribution < 1.29 is 24.3 Å². The Kier molecular flexibility index (Phi) is 4.84. The molecule has 1 atom stereocenters. The van der Waals surface area contributed by atoms with Gasteiger partial charge in [-0.25, -0.2) is 5.48 Å². The summed E-state index contributed by atoms with van der Waals surface area (Å²) in [5.74, 6) is 0.125. The van der Waals surface area contributed by atoms with Gasteiger partial charge in [0.25, 0.3) is 5.91 Å². The highest BCUT2D eigenvalue weighted by Crippen LogP contribution is 2.32. The third-order valence-corrected chi connectivity index (χ3v) is 4.19. The fourth-order valence-electron chi connectivity index (χ4n) is 2.80. The topological polar surface area (TPSA) is 117 Å². The van der Waals surface area contributed by atoms with Gasteiger partial charge in [0.15, 0.2) is 17.5 Å². The molecule has 4 N–H and O–H groups in total. The molecule has 1 saturated heterocycles. The van der Waals surface area contributed by atoms with Gasteiger partial charge in [0.1, 0.15) is 0 Å². The van der Waals surface area contributed by atoms with Crippen molar-refractivity contribution in [2.45, 2.75) is 12.6 Å². The number of hydrogen-bond acceptors (Lipinski definition) is 7. The lowest BCUT2D eigenvalue weighted by Gasteiger charge is -2.35. The Hall–Kier alpha value is -2.36. The number of ether oxygens (including phenoxy) is 2. The van der Waals surface area contributed by atoms with Crippen LogP contribution in [0.1, 0.15) is 5.56 Å². The second kappa shape index (κ2) is 7.04. The predicted octanol–water partition coefficient (Wildman–Crippen LogP) is -1.11. The zero-order chi connectivity index (χ0) is 17.1. The minimum atomic E-state index is -1.38. The highest BCUT2D eigenvalue weighted by molar-refractivity contribution is 6.03. The van der Waals surface area contributed by atoms with E-state index in [4.69, 9.17) is 20.4 Å². The Balaban J connectivity index is 1.52. The average molecular weight is 336 g/mol. The van der Waals surface area contributed by atoms with Gasteiger partial charge in [-0.1, -0.05) is 6.07 Å². The lowest BCUT2D eigenvalue weighted by molar-refractivity contribution is -0.142. The second-order valence-electron chi connectivity index (χ2n) is 5.74. The van der Waals surface area contributed by atoms with Crippen molar-refractivity contribution in [1.82, 2.24) is 15.3 Å². The second-order valence-corrected chi connectivity index (χ2v) is 5.74. The van der Waals surface area contributed by atoms with Gasteiger partial charge in [-0.15, -0.1) is 0 Å². The first kappa shape index (κ1) is 16.5. The lowest BCUT2D eigenvalue weighted by atomic mass is 10.1. The van der Waals surface area contributed by atoms with Crippen molar-refractivity contribution in [3.63, 3.8) is 0 Å². The first-order chi connectivity index (χ1) is 11.6. The van der Waals surface area contributed by atoms with E-state index in [1.54, 1.807) is 0 Å². The van der Waals surface area contributed by atoms with Crippen LogP contribution in [0.4, 0.5) is 0 Å². The van der Waals surface area contributed by atoms with Gasteiger partial charge in [-0.3, -0.25) is 19.7 Å². The number of rotatable bonds is 4. The quantitative estimate of drug-likeness (QED) is 0.363. The number of piperazine rings is 1. The van der Waals surface area contributed by atoms with Gasteiger partial charge in [-0.2, -0.15) is 0 Å². The monoisotopic (exact) mass is 336 g/mol. The van der Waals surface area contributed by atoms with E-state index in [0.29, 0.717) is 26.2 Å². The Morgan fingerprint density at radius 3 is 2.62 bits per heavy atom. The number of hydroxylamine groups is 1. The molecule has 2 aliphatic rings. The van der Waals surface area contributed by atoms with E-state index in [1.165, 1.54) is 10.4 Å². The number of amides is 2. The summed E-state index contributed by atoms with van der Waals surface area (Å²) in [4.78, 5) is 27.0. The zero-order valence-corrected chi connectivity index (χ0v) is 13.1. The molecule has 9 nitrogen and oxygen atoms in total. The Bertz CT molecular complexity index is 630. The molecule has 1 fully saturated rings. The number of fused-ring (bicyclic) bond motifs is 1. The van der Waals surface area contributed by atoms with Gasteiger partial charge in [-0.05, 0) is 17.7 Å². The maximum Gasteiger partial charge on any atom is 0.269 e. The molecule has 1 unspecified atom stereocenters. The van der Waals surface area contributed by atoms with E-state index in [-0.39, 0.29) is 6.79 Å². The van der Waals surface area contributed by atoms with Gasteiger partial charge >= 0.3 is 0 Å². The maximum atomic E-state index is 12.1. The summed E-state index contributed by atoms with van der Waals surface area (Å²) in [7, 11) is 0. The van der Waals surface area contributed by atoms with E-state index in [2.05, 4.69) is 4.90 Å². The molecule has 0 saturated carbocycles. The van der Waals surface area contributed by atoms with Crippen LogP contribution in [0.2, 0.25) is 0 Å². The summed E-state index contributed by atoms with van der Waals surface area (Å²) < 4.78 is 10.7. The van der Waals surface area contributed by atoms with Crippen LogP contribution in [0.25, 0.3) is 0 Å². The molecule has 2 heterocycles. The molecule has 130 valence electrons. The average Bonchev–Trinajstić information content (AvgIpc) is 3.08. The maximum absolute atomic E-state index is 12.1. The van der Waals surface area contributed by atoms with Crippen LogP contribution >= 0.6 is 0 Å². The van der Waals surface area contributed by atoms with E-state index >= 15 is 0 Å². The van der Waals surface area contributed by atoms with Gasteiger partial charge in [0, 0.05) is 32.7 Å². The van der Waals surface area contributed by atoms with Crippen LogP contribution in [0.3, 0.4) is 0 Å². The molecule has 2 amide bonds. The number of nitrogens with zero attached hydrogens (tertiary/aromatic N) is 2. The van der Waals surface area contributed by atoms with Crippen molar-refractivity contribution >= 4 is 11.8 Å². The van der Waals surface area contributed by atoms with Crippen molar-refractivity contribution in [3.05, 3.63) is 23.8 Å². The van der Waals surface area contributed by atoms with E-state index in [0.717, 1.165) is 23.6 Å². The van der Waals surface area contributed by atoms with Crippen LogP contribution in [-0.4, -0.2) is 65.8 Å². The molecule has 0 aliphatic carbocycles. The summed E-state index contributed by atoms with van der Waals surface area (Å²) in [6.45, 7) is 3.30. The summed E-state index contributed by atoms with van der Waals surface area (Å²) in [5.41, 5.74) is 8.02. The molecule has 9 heteroatoms. The Morgan fingerprint density at radius 1 is 1.21 bits per heavy atom. The number of carbonyl (C=O) groups is 2. The van der Waals surface area contributed by atoms with Crippen molar-refractivity contribution in [2.75, 3.05) is 33.0 Å². The first-order valence-electron chi connectivity index (χ1n) is 7.67. The van der Waals surface area contributed by atoms with Crippen LogP contribution in [0.15, 0.2) is 18.2 Å². The largest absolute Gasteiger partial charge is 0.454 e. The third-order valence-electron chi connectivity index (χ3n) is 4.19. The minimum Gasteiger partial charge on any atom is -0.454 e. The van der Waals surface area contributed by atoms with Crippen LogP contribution < -0.4 is 20.7 Å². The normalized spacial score (nSPS) is 18.3. The molecule has 1 aromatic rings. The van der Waals surface area contributed by atoms with Gasteiger partial charge < -0.3 is 20.1 Å². The highest BCUT2D eigenvalue weighted by Gasteiger charge is 2.29. The molecule has 1 aromatic carbocycles. The fraction of sp³-hybridized carbons (Fsp3) is 0.467. The Morgan fingerprint density at radius 2 is 1.92 bits per heavy atom. The predicted molar refractivity (Wildman–Crippen MR) is 82.3 cm³/mol. The molecule has 0 radical (unpaired) electrons. The number of carbonyl (C=O) groups excluding carboxylic acids is 2. The van der Waals surface area contributed by atoms with E-state index in [9.17, 15) is 9.59 Å². The smallest absolute Gasteiger partial charge is 0.269 e. The summed E-state index contributed by atoms with van der Waals surface area (Å²) in [5, 5.41) is 8.55. The van der Waals surface area contributed by atoms with Crippen molar-refractivity contribution in [3.8, 4) is 11.5 Å². The van der Waals surface area contributed by atoms with Crippen LogP contribution in [0, 0.1) is 0 Å². The molecule has 2 aliphatic heterocycles. The summed E-state index contributed by atoms with van der Waals surface area (Å²) in [6.07, 6.45) is 0. The molecular weight excluding hydrogens is 316 g/mol. The number of nitrogens with two attached hydrogens (primary N) is 1. The minimum absolute atomic E-state index is 0.251. The highest BCUT2D eigenvalue weighted by atomic mass is 16.7. The zero-order valence-electron chi connectivity index (χ0n) is 13.1. The molecule has 3 rings (SSSR count). The fourth-order valence-corrected chi connectivity index (χ4v) is 2.80. The van der Waals surface area contributed by atoms with Crippen molar-refractivity contribution in [2.24, 2.45) is 5.73 Å². The molecule has 0 bridgehead atoms. The molecule has 0 aromatic heterocycles. The standard InChI is InChI=1S/C15H20N4O5/c16-13(14(20)17-22)15(21)19-5-3-18(4-6-19)8-10-1-2-11-12(7-10)24-9-23-11/h1-2,7,13,22H,3-6,8-9,16H2,(H,17,20). The lowest BCUT2D eigenvalue weighted by Crippen LogP contribution is -2.56. The molecule has 24 heavy (non-hydrogen) atoms. The van der Waals surface area contributed by atoms with Gasteiger partial charge in [0.2, 0.25) is 12.7 Å². The summed E-state index contributed by atoms with van der Waals surface area (Å²) in [6, 6.07) is 4.47. The van der Waals surface area contributed by atoms with Crippen LogP contribution in [-0.2, 0) is 16.1 Å². The van der Waals surface area contributed by atoms with Crippen molar-refractivity contribution in [1.29, 1.82) is 0 Å². The van der Waals surface area contributed by atoms with Crippen LogP contribution in [0.5, 0.6) is 11.5 Å². The van der Waals surface area contributed by atoms with Gasteiger partial charge in [0.05, 0.1) is 0 Å². The van der Waals surface area contributed by atoms with E-state index in [1.807, 2.05) is 18.2 Å². The number of benzene rings is 1. The van der Waals surface area contributed by atoms with E-state index < -0.39 is 17.9 Å². The SMILES string of the molecule is NC(C(=O)NO)C(=O)N1CCN(Cc2ccc3c(c2)OCO3)CC1. The molecule has 0 spiro atoms. The molecular formula is C15H20N4O5. The number of nitrogens with one attached hydrogen (secondary N) is 1. The first-order valence-corrected chi connectivity index (χ1v) is 7.67. The summed E-state index contributed by atoms with van der Waals surface area (Å²) >= 11 is 0. The third kappa shape index (κ3) is 3.42. The Labute approximate surface area is 138 Å².